The van der Waals surface area contributed by atoms with Crippen molar-refractivity contribution >= 4 is 32.3 Å². The molecule has 1 aromatic carbocycles. The molecule has 0 aliphatic carbocycles. The Bertz CT molecular complexity index is 999. The van der Waals surface area contributed by atoms with Gasteiger partial charge in [0.1, 0.15) is 11.1 Å². The largest absolute Gasteiger partial charge is 0.288 e. The van der Waals surface area contributed by atoms with Gasteiger partial charge in [-0.05, 0) is 12.1 Å². The predicted octanol–water partition coefficient (Wildman–Crippen LogP) is 2.34. The third-order valence-corrected chi connectivity index (χ3v) is 4.43. The van der Waals surface area contributed by atoms with Gasteiger partial charge < -0.3 is 0 Å². The number of rotatable bonds is 4. The fraction of sp³-hybridized carbons (Fsp3) is 0. The minimum absolute atomic E-state index is 0.287. The van der Waals surface area contributed by atoms with Crippen molar-refractivity contribution in [2.45, 2.75) is 4.90 Å². The number of fused-ring (bicyclic) bond motifs is 1. The lowest BCUT2D eigenvalue weighted by Crippen LogP contribution is -2.14. The molecular formula is C14H10N4O4S. The van der Waals surface area contributed by atoms with Crippen LogP contribution in [0.25, 0.3) is 10.9 Å². The fourth-order valence-electron chi connectivity index (χ4n) is 2.04. The van der Waals surface area contributed by atoms with Gasteiger partial charge in [0.05, 0.1) is 16.1 Å². The van der Waals surface area contributed by atoms with Crippen LogP contribution in [0.1, 0.15) is 0 Å². The molecule has 0 radical (unpaired) electrons. The Kier molecular flexibility index (Phi) is 3.62. The molecule has 116 valence electrons. The molecule has 9 heteroatoms. The maximum Gasteiger partial charge on any atom is 0.288 e. The van der Waals surface area contributed by atoms with E-state index in [1.807, 2.05) is 0 Å². The van der Waals surface area contributed by atoms with Crippen molar-refractivity contribution in [3.63, 3.8) is 0 Å². The van der Waals surface area contributed by atoms with E-state index in [-0.39, 0.29) is 10.6 Å². The molecular weight excluding hydrogens is 320 g/mol. The van der Waals surface area contributed by atoms with E-state index in [0.717, 1.165) is 23.8 Å². The molecule has 0 atom stereocenters. The summed E-state index contributed by atoms with van der Waals surface area (Å²) in [6, 6.07) is 9.55. The summed E-state index contributed by atoms with van der Waals surface area (Å²) in [4.78, 5) is 17.5. The number of benzene rings is 1. The number of aromatic nitrogens is 2. The summed E-state index contributed by atoms with van der Waals surface area (Å²) in [5.74, 6) is 0. The normalized spacial score (nSPS) is 11.3. The van der Waals surface area contributed by atoms with E-state index < -0.39 is 20.6 Å². The van der Waals surface area contributed by atoms with Gasteiger partial charge in [-0.2, -0.15) is 0 Å². The number of nitro groups is 1. The Morgan fingerprint density at radius 3 is 2.70 bits per heavy atom. The Balaban J connectivity index is 2.04. The highest BCUT2D eigenvalue weighted by Gasteiger charge is 2.19. The molecule has 0 aliphatic heterocycles. The van der Waals surface area contributed by atoms with E-state index in [2.05, 4.69) is 14.7 Å². The van der Waals surface area contributed by atoms with Crippen LogP contribution < -0.4 is 4.72 Å². The average Bonchev–Trinajstić information content (AvgIpc) is 2.55. The van der Waals surface area contributed by atoms with Gasteiger partial charge in [-0.1, -0.05) is 18.2 Å². The van der Waals surface area contributed by atoms with Crippen molar-refractivity contribution in [2.75, 3.05) is 4.72 Å². The Morgan fingerprint density at radius 1 is 1.13 bits per heavy atom. The number of nitrogens with zero attached hydrogens (tertiary/aromatic N) is 3. The van der Waals surface area contributed by atoms with E-state index in [1.165, 1.54) is 0 Å². The number of hydrogen-bond donors (Lipinski definition) is 1. The molecule has 0 unspecified atom stereocenters. The monoisotopic (exact) mass is 330 g/mol. The van der Waals surface area contributed by atoms with Crippen molar-refractivity contribution in [1.82, 2.24) is 9.97 Å². The lowest BCUT2D eigenvalue weighted by atomic mass is 10.2. The fourth-order valence-corrected chi connectivity index (χ4v) is 3.09. The predicted molar refractivity (Wildman–Crippen MR) is 83.4 cm³/mol. The van der Waals surface area contributed by atoms with Gasteiger partial charge in [-0.25, -0.2) is 8.42 Å². The maximum absolute atomic E-state index is 12.4. The van der Waals surface area contributed by atoms with Crippen LogP contribution >= 0.6 is 0 Å². The highest BCUT2D eigenvalue weighted by atomic mass is 32.2. The van der Waals surface area contributed by atoms with E-state index in [1.54, 1.807) is 36.5 Å². The zero-order valence-electron chi connectivity index (χ0n) is 11.6. The molecule has 2 heterocycles. The van der Waals surface area contributed by atoms with Crippen molar-refractivity contribution in [3.05, 3.63) is 65.1 Å². The summed E-state index contributed by atoms with van der Waals surface area (Å²) in [5.41, 5.74) is 0.371. The molecule has 0 amide bonds. The van der Waals surface area contributed by atoms with Crippen LogP contribution in [0.3, 0.4) is 0 Å². The Hall–Kier alpha value is -3.07. The SMILES string of the molecule is O=[N+]([O-])c1cncc(S(=O)(=O)Nc2cccc3cccnc23)c1. The lowest BCUT2D eigenvalue weighted by Gasteiger charge is -2.09. The van der Waals surface area contributed by atoms with Crippen molar-refractivity contribution < 1.29 is 13.3 Å². The topological polar surface area (TPSA) is 115 Å². The molecule has 3 aromatic rings. The number of sulfonamides is 1. The highest BCUT2D eigenvalue weighted by Crippen LogP contribution is 2.24. The summed E-state index contributed by atoms with van der Waals surface area (Å²) in [6.45, 7) is 0. The second kappa shape index (κ2) is 5.61. The standard InChI is InChI=1S/C14H10N4O4S/c19-18(20)11-7-12(9-15-8-11)23(21,22)17-13-5-1-3-10-4-2-6-16-14(10)13/h1-9,17H. The number of pyridine rings is 2. The summed E-state index contributed by atoms with van der Waals surface area (Å²) in [7, 11) is -4.02. The van der Waals surface area contributed by atoms with Crippen LogP contribution in [0, 0.1) is 10.1 Å². The van der Waals surface area contributed by atoms with Crippen LogP contribution in [0.4, 0.5) is 11.4 Å². The van der Waals surface area contributed by atoms with Crippen LogP contribution in [0.2, 0.25) is 0 Å². The minimum Gasteiger partial charge on any atom is -0.277 e. The molecule has 2 aromatic heterocycles. The first-order valence-electron chi connectivity index (χ1n) is 6.43. The molecule has 0 saturated heterocycles. The average molecular weight is 330 g/mol. The van der Waals surface area contributed by atoms with Crippen LogP contribution in [0.5, 0.6) is 0 Å². The summed E-state index contributed by atoms with van der Waals surface area (Å²) < 4.78 is 27.2. The van der Waals surface area contributed by atoms with E-state index in [4.69, 9.17) is 0 Å². The molecule has 0 saturated carbocycles. The van der Waals surface area contributed by atoms with Crippen LogP contribution in [-0.2, 0) is 10.0 Å². The van der Waals surface area contributed by atoms with E-state index in [9.17, 15) is 18.5 Å². The molecule has 23 heavy (non-hydrogen) atoms. The first kappa shape index (κ1) is 14.9. The van der Waals surface area contributed by atoms with Crippen LogP contribution in [0.15, 0.2) is 59.9 Å². The Morgan fingerprint density at radius 2 is 1.91 bits per heavy atom. The number of anilines is 1. The van der Waals surface area contributed by atoms with Crippen molar-refractivity contribution in [1.29, 1.82) is 0 Å². The van der Waals surface area contributed by atoms with E-state index in [0.29, 0.717) is 5.52 Å². The Labute approximate surface area is 131 Å². The first-order valence-corrected chi connectivity index (χ1v) is 7.92. The zero-order valence-corrected chi connectivity index (χ0v) is 12.4. The number of hydrogen-bond acceptors (Lipinski definition) is 6. The van der Waals surface area contributed by atoms with Gasteiger partial charge >= 0.3 is 0 Å². The molecule has 3 rings (SSSR count). The summed E-state index contributed by atoms with van der Waals surface area (Å²) in [5, 5.41) is 11.5. The molecule has 0 bridgehead atoms. The third-order valence-electron chi connectivity index (χ3n) is 3.10. The quantitative estimate of drug-likeness (QED) is 0.580. The van der Waals surface area contributed by atoms with Crippen molar-refractivity contribution in [3.8, 4) is 0 Å². The molecule has 0 spiro atoms. The highest BCUT2D eigenvalue weighted by molar-refractivity contribution is 7.92. The molecule has 0 aliphatic rings. The first-order chi connectivity index (χ1) is 11.0. The van der Waals surface area contributed by atoms with E-state index >= 15 is 0 Å². The lowest BCUT2D eigenvalue weighted by molar-refractivity contribution is -0.385. The molecule has 1 N–H and O–H groups in total. The zero-order chi connectivity index (χ0) is 16.4. The summed E-state index contributed by atoms with van der Waals surface area (Å²) in [6.07, 6.45) is 3.58. The van der Waals surface area contributed by atoms with Gasteiger partial charge in [0.15, 0.2) is 0 Å². The number of para-hydroxylation sites is 1. The van der Waals surface area contributed by atoms with Gasteiger partial charge in [-0.3, -0.25) is 24.8 Å². The number of nitrogens with one attached hydrogen (secondary N) is 1. The summed E-state index contributed by atoms with van der Waals surface area (Å²) >= 11 is 0. The van der Waals surface area contributed by atoms with Crippen LogP contribution in [-0.4, -0.2) is 23.3 Å². The minimum atomic E-state index is -4.02. The molecule has 0 fully saturated rings. The third kappa shape index (κ3) is 2.94. The maximum atomic E-state index is 12.4. The smallest absolute Gasteiger partial charge is 0.277 e. The van der Waals surface area contributed by atoms with Gasteiger partial charge in [0, 0.05) is 23.8 Å². The van der Waals surface area contributed by atoms with Gasteiger partial charge in [0.2, 0.25) is 0 Å². The second-order valence-electron chi connectivity index (χ2n) is 4.62. The second-order valence-corrected chi connectivity index (χ2v) is 6.30. The molecule has 8 nitrogen and oxygen atoms in total. The van der Waals surface area contributed by atoms with Gasteiger partial charge in [0.25, 0.3) is 15.7 Å². The van der Waals surface area contributed by atoms with Crippen molar-refractivity contribution in [2.24, 2.45) is 0 Å². The van der Waals surface area contributed by atoms with Gasteiger partial charge in [-0.15, -0.1) is 0 Å².